The summed E-state index contributed by atoms with van der Waals surface area (Å²) in [5.41, 5.74) is 3.39. The molecule has 2 aromatic carbocycles. The van der Waals surface area contributed by atoms with Crippen molar-refractivity contribution >= 4 is 11.9 Å². The third-order valence-corrected chi connectivity index (χ3v) is 6.17. The van der Waals surface area contributed by atoms with Gasteiger partial charge < -0.3 is 9.30 Å². The van der Waals surface area contributed by atoms with Crippen LogP contribution in [0.1, 0.15) is 30.5 Å². The topological polar surface area (TPSA) is 78.1 Å². The number of amides is 1. The van der Waals surface area contributed by atoms with E-state index in [0.717, 1.165) is 28.9 Å². The second-order valence-corrected chi connectivity index (χ2v) is 8.40. The van der Waals surface area contributed by atoms with Crippen molar-refractivity contribution in [3.05, 3.63) is 72.1 Å². The van der Waals surface area contributed by atoms with Crippen LogP contribution in [0.2, 0.25) is 0 Å². The van der Waals surface area contributed by atoms with E-state index in [1.807, 2.05) is 47.4 Å². The average Bonchev–Trinajstić information content (AvgIpc) is 3.49. The minimum atomic E-state index is -0.426. The number of imidazole rings is 1. The lowest BCUT2D eigenvalue weighted by atomic mass is 9.99. The van der Waals surface area contributed by atoms with Gasteiger partial charge in [-0.2, -0.15) is 0 Å². The number of hydrogen-bond donors (Lipinski definition) is 0. The van der Waals surface area contributed by atoms with E-state index < -0.39 is 5.92 Å². The van der Waals surface area contributed by atoms with Crippen LogP contribution in [0.3, 0.4) is 0 Å². The maximum Gasteiger partial charge on any atom is 0.236 e. The molecule has 2 aromatic heterocycles. The molecule has 1 aliphatic heterocycles. The minimum absolute atomic E-state index is 0.0880. The summed E-state index contributed by atoms with van der Waals surface area (Å²) in [7, 11) is 1.63. The second kappa shape index (κ2) is 8.74. The number of ether oxygens (including phenoxy) is 1. The molecule has 1 aliphatic rings. The number of fused-ring (bicyclic) bond motifs is 1. The quantitative estimate of drug-likeness (QED) is 0.448. The van der Waals surface area contributed by atoms with Crippen molar-refractivity contribution in [3.8, 4) is 22.8 Å². The van der Waals surface area contributed by atoms with Gasteiger partial charge in [0.1, 0.15) is 11.6 Å². The van der Waals surface area contributed by atoms with E-state index in [-0.39, 0.29) is 11.7 Å². The molecular weight excluding hydrogens is 435 g/mol. The molecule has 4 aromatic rings. The van der Waals surface area contributed by atoms with E-state index in [4.69, 9.17) is 4.74 Å². The molecule has 34 heavy (non-hydrogen) atoms. The largest absolute Gasteiger partial charge is 0.495 e. The summed E-state index contributed by atoms with van der Waals surface area (Å²) in [5.74, 6) is 1.04. The summed E-state index contributed by atoms with van der Waals surface area (Å²) in [4.78, 5) is 19.3. The average molecular weight is 461 g/mol. The first-order chi connectivity index (χ1) is 16.5. The standard InChI is InChI=1S/C25H25FN6O2/c1-16-14-30(15-27-16)21-10-7-19(13-22(21)34-3)23-28-29-25-31(23)11-4-12-32(25)24(33)17(2)18-5-8-20(26)9-6-18/h5-10,13-15,17H,4,11-12H2,1-3H3. The summed E-state index contributed by atoms with van der Waals surface area (Å²) < 4.78 is 22.8. The fourth-order valence-corrected chi connectivity index (χ4v) is 4.32. The van der Waals surface area contributed by atoms with Crippen LogP contribution in [0.5, 0.6) is 5.75 Å². The predicted octanol–water partition coefficient (Wildman–Crippen LogP) is 4.13. The third-order valence-electron chi connectivity index (χ3n) is 6.17. The fraction of sp³-hybridized carbons (Fsp3) is 0.280. The van der Waals surface area contributed by atoms with Gasteiger partial charge in [-0.3, -0.25) is 14.3 Å². The molecule has 0 fully saturated rings. The number of methoxy groups -OCH3 is 1. The molecule has 0 bridgehead atoms. The number of carbonyl (C=O) groups excluding carboxylic acids is 1. The van der Waals surface area contributed by atoms with E-state index in [2.05, 4.69) is 15.2 Å². The summed E-state index contributed by atoms with van der Waals surface area (Å²) in [5, 5.41) is 8.79. The Labute approximate surface area is 196 Å². The monoisotopic (exact) mass is 460 g/mol. The van der Waals surface area contributed by atoms with E-state index in [9.17, 15) is 9.18 Å². The maximum atomic E-state index is 13.3. The zero-order valence-corrected chi connectivity index (χ0v) is 19.3. The Bertz CT molecular complexity index is 1340. The van der Waals surface area contributed by atoms with Gasteiger partial charge >= 0.3 is 0 Å². The molecule has 0 aliphatic carbocycles. The van der Waals surface area contributed by atoms with Gasteiger partial charge in [-0.05, 0) is 56.2 Å². The molecule has 174 valence electrons. The number of aromatic nitrogens is 5. The van der Waals surface area contributed by atoms with E-state index >= 15 is 0 Å². The smallest absolute Gasteiger partial charge is 0.236 e. The normalized spacial score (nSPS) is 14.1. The van der Waals surface area contributed by atoms with Crippen LogP contribution in [0.25, 0.3) is 17.1 Å². The number of aryl methyl sites for hydroxylation is 1. The van der Waals surface area contributed by atoms with Crippen molar-refractivity contribution in [2.75, 3.05) is 18.6 Å². The molecule has 0 saturated heterocycles. The van der Waals surface area contributed by atoms with Crippen molar-refractivity contribution in [2.24, 2.45) is 0 Å². The predicted molar refractivity (Wildman–Crippen MR) is 126 cm³/mol. The van der Waals surface area contributed by atoms with E-state index in [1.54, 1.807) is 30.5 Å². The zero-order valence-electron chi connectivity index (χ0n) is 19.3. The Balaban J connectivity index is 1.46. The van der Waals surface area contributed by atoms with Crippen molar-refractivity contribution in [1.29, 1.82) is 0 Å². The van der Waals surface area contributed by atoms with E-state index in [1.165, 1.54) is 12.1 Å². The molecule has 1 amide bonds. The first-order valence-corrected chi connectivity index (χ1v) is 11.2. The Kier molecular flexibility index (Phi) is 5.61. The molecule has 1 atom stereocenters. The van der Waals surface area contributed by atoms with Crippen LogP contribution in [0, 0.1) is 12.7 Å². The lowest BCUT2D eigenvalue weighted by Crippen LogP contribution is -2.40. The molecule has 5 rings (SSSR count). The lowest BCUT2D eigenvalue weighted by Gasteiger charge is -2.29. The van der Waals surface area contributed by atoms with Gasteiger partial charge in [-0.1, -0.05) is 12.1 Å². The van der Waals surface area contributed by atoms with Crippen LogP contribution >= 0.6 is 0 Å². The summed E-state index contributed by atoms with van der Waals surface area (Å²) in [6, 6.07) is 11.9. The number of halogens is 1. The number of anilines is 1. The number of nitrogens with zero attached hydrogens (tertiary/aromatic N) is 6. The Morgan fingerprint density at radius 3 is 2.62 bits per heavy atom. The Morgan fingerprint density at radius 1 is 1.12 bits per heavy atom. The Hall–Kier alpha value is -4.01. The summed E-state index contributed by atoms with van der Waals surface area (Å²) in [6.07, 6.45) is 4.46. The van der Waals surface area contributed by atoms with Gasteiger partial charge in [-0.15, -0.1) is 10.2 Å². The molecule has 1 unspecified atom stereocenters. The first kappa shape index (κ1) is 21.8. The second-order valence-electron chi connectivity index (χ2n) is 8.40. The highest BCUT2D eigenvalue weighted by Crippen LogP contribution is 2.33. The number of carbonyl (C=O) groups is 1. The van der Waals surface area contributed by atoms with Gasteiger partial charge in [0.05, 0.1) is 30.7 Å². The van der Waals surface area contributed by atoms with Gasteiger partial charge in [-0.25, -0.2) is 9.37 Å². The van der Waals surface area contributed by atoms with Gasteiger partial charge in [0, 0.05) is 24.8 Å². The zero-order chi connectivity index (χ0) is 23.8. The molecule has 0 saturated carbocycles. The van der Waals surface area contributed by atoms with Crippen LogP contribution in [0.4, 0.5) is 10.3 Å². The van der Waals surface area contributed by atoms with Crippen molar-refractivity contribution < 1.29 is 13.9 Å². The molecule has 3 heterocycles. The van der Waals surface area contributed by atoms with Gasteiger partial charge in [0.25, 0.3) is 0 Å². The first-order valence-electron chi connectivity index (χ1n) is 11.2. The maximum absolute atomic E-state index is 13.3. The highest BCUT2D eigenvalue weighted by molar-refractivity contribution is 5.97. The van der Waals surface area contributed by atoms with Crippen LogP contribution in [-0.4, -0.2) is 43.9 Å². The summed E-state index contributed by atoms with van der Waals surface area (Å²) >= 11 is 0. The minimum Gasteiger partial charge on any atom is -0.495 e. The number of rotatable bonds is 5. The Morgan fingerprint density at radius 2 is 1.91 bits per heavy atom. The number of benzene rings is 2. The molecular formula is C25H25FN6O2. The molecule has 0 N–H and O–H groups in total. The molecule has 0 spiro atoms. The van der Waals surface area contributed by atoms with Crippen molar-refractivity contribution in [3.63, 3.8) is 0 Å². The SMILES string of the molecule is COc1cc(-c2nnc3n2CCCN3C(=O)C(C)c2ccc(F)cc2)ccc1-n1cnc(C)c1. The highest BCUT2D eigenvalue weighted by atomic mass is 19.1. The van der Waals surface area contributed by atoms with Gasteiger partial charge in [0.15, 0.2) is 5.82 Å². The summed E-state index contributed by atoms with van der Waals surface area (Å²) in [6.45, 7) is 5.03. The van der Waals surface area contributed by atoms with Gasteiger partial charge in [0.2, 0.25) is 11.9 Å². The molecule has 9 heteroatoms. The third kappa shape index (κ3) is 3.83. The highest BCUT2D eigenvalue weighted by Gasteiger charge is 2.31. The van der Waals surface area contributed by atoms with Crippen LogP contribution in [0.15, 0.2) is 55.0 Å². The fourth-order valence-electron chi connectivity index (χ4n) is 4.32. The lowest BCUT2D eigenvalue weighted by molar-refractivity contribution is -0.119. The van der Waals surface area contributed by atoms with Crippen molar-refractivity contribution in [1.82, 2.24) is 24.3 Å². The van der Waals surface area contributed by atoms with Crippen molar-refractivity contribution in [2.45, 2.75) is 32.7 Å². The number of hydrogen-bond acceptors (Lipinski definition) is 5. The molecule has 0 radical (unpaired) electrons. The molecule has 8 nitrogen and oxygen atoms in total. The van der Waals surface area contributed by atoms with Crippen LogP contribution < -0.4 is 9.64 Å². The van der Waals surface area contributed by atoms with Crippen LogP contribution in [-0.2, 0) is 11.3 Å². The van der Waals surface area contributed by atoms with E-state index in [0.29, 0.717) is 30.6 Å².